The number of hydrogen-bond donors (Lipinski definition) is 1. The van der Waals surface area contributed by atoms with Crippen LogP contribution in [0.1, 0.15) is 31.2 Å². The van der Waals surface area contributed by atoms with E-state index in [2.05, 4.69) is 10.3 Å². The molecule has 1 aromatic carbocycles. The molecule has 1 aliphatic heterocycles. The van der Waals surface area contributed by atoms with Gasteiger partial charge < -0.3 is 19.5 Å². The van der Waals surface area contributed by atoms with Gasteiger partial charge in [0.15, 0.2) is 0 Å². The summed E-state index contributed by atoms with van der Waals surface area (Å²) in [6, 6.07) is 3.88. The molecule has 0 radical (unpaired) electrons. The number of halogens is 3. The van der Waals surface area contributed by atoms with Gasteiger partial charge in [0.2, 0.25) is 5.91 Å². The van der Waals surface area contributed by atoms with E-state index in [0.29, 0.717) is 26.3 Å². The van der Waals surface area contributed by atoms with Gasteiger partial charge in [0.05, 0.1) is 18.8 Å². The first-order valence-electron chi connectivity index (χ1n) is 9.10. The maximum absolute atomic E-state index is 13.6. The number of nitrogens with zero attached hydrogens (tertiary/aromatic N) is 3. The third-order valence-electron chi connectivity index (χ3n) is 4.52. The number of ether oxygens (including phenoxy) is 1. The number of hydrogen-bond acceptors (Lipinski definition) is 4. The van der Waals surface area contributed by atoms with Gasteiger partial charge in [-0.3, -0.25) is 4.79 Å². The fraction of sp³-hybridized carbons (Fsp3) is 0.474. The summed E-state index contributed by atoms with van der Waals surface area (Å²) in [5, 5.41) is 2.56. The normalized spacial score (nSPS) is 15.1. The average Bonchev–Trinajstić information content (AvgIpc) is 3.10. The molecule has 3 rings (SSSR count). The molecule has 9 heteroatoms. The molecule has 1 fully saturated rings. The van der Waals surface area contributed by atoms with Crippen LogP contribution < -0.4 is 10.2 Å². The van der Waals surface area contributed by atoms with Crippen molar-refractivity contribution >= 4 is 17.3 Å². The highest BCUT2D eigenvalue weighted by Crippen LogP contribution is 2.38. The van der Waals surface area contributed by atoms with Crippen LogP contribution in [0.2, 0.25) is 0 Å². The zero-order chi connectivity index (χ0) is 20.3. The lowest BCUT2D eigenvalue weighted by atomic mass is 10.1. The smallest absolute Gasteiger partial charge is 0.378 e. The van der Waals surface area contributed by atoms with Crippen molar-refractivity contribution in [2.24, 2.45) is 0 Å². The number of imidazole rings is 1. The lowest BCUT2D eigenvalue weighted by Gasteiger charge is -2.31. The Morgan fingerprint density at radius 3 is 2.64 bits per heavy atom. The van der Waals surface area contributed by atoms with E-state index in [4.69, 9.17) is 4.74 Å². The van der Waals surface area contributed by atoms with Crippen molar-refractivity contribution in [1.82, 2.24) is 9.55 Å². The maximum Gasteiger partial charge on any atom is 0.418 e. The van der Waals surface area contributed by atoms with E-state index in [-0.39, 0.29) is 23.8 Å². The zero-order valence-corrected chi connectivity index (χ0v) is 15.8. The number of amides is 1. The Bertz CT molecular complexity index is 827. The summed E-state index contributed by atoms with van der Waals surface area (Å²) in [4.78, 5) is 18.2. The van der Waals surface area contributed by atoms with E-state index in [1.807, 2.05) is 13.8 Å². The van der Waals surface area contributed by atoms with Crippen molar-refractivity contribution in [1.29, 1.82) is 0 Å². The van der Waals surface area contributed by atoms with Crippen molar-refractivity contribution < 1.29 is 22.7 Å². The molecule has 0 atom stereocenters. The second-order valence-corrected chi connectivity index (χ2v) is 6.95. The average molecular weight is 396 g/mol. The Labute approximate surface area is 161 Å². The van der Waals surface area contributed by atoms with E-state index in [9.17, 15) is 18.0 Å². The maximum atomic E-state index is 13.6. The SMILES string of the molecule is CC(C)c1nccn1CC(=O)Nc1ccc(N2CCOCC2)c(C(F)(F)F)c1. The van der Waals surface area contributed by atoms with E-state index in [0.717, 1.165) is 11.9 Å². The monoisotopic (exact) mass is 396 g/mol. The summed E-state index contributed by atoms with van der Waals surface area (Å²) in [6.45, 7) is 5.46. The molecule has 1 amide bonds. The van der Waals surface area contributed by atoms with Crippen molar-refractivity contribution in [3.63, 3.8) is 0 Å². The van der Waals surface area contributed by atoms with Crippen molar-refractivity contribution in [2.75, 3.05) is 36.5 Å². The van der Waals surface area contributed by atoms with Crippen molar-refractivity contribution in [3.8, 4) is 0 Å². The van der Waals surface area contributed by atoms with Gasteiger partial charge >= 0.3 is 6.18 Å². The van der Waals surface area contributed by atoms with Gasteiger partial charge in [-0.05, 0) is 18.2 Å². The van der Waals surface area contributed by atoms with Crippen LogP contribution in [-0.4, -0.2) is 41.8 Å². The Hall–Kier alpha value is -2.55. The number of benzene rings is 1. The standard InChI is InChI=1S/C19H23F3N4O2/c1-13(2)18-23-5-6-26(18)12-17(27)24-14-3-4-16(15(11-14)19(20,21)22)25-7-9-28-10-8-25/h3-6,11,13H,7-10,12H2,1-2H3,(H,24,27). The molecular formula is C19H23F3N4O2. The molecule has 2 heterocycles. The fourth-order valence-electron chi connectivity index (χ4n) is 3.23. The summed E-state index contributed by atoms with van der Waals surface area (Å²) >= 11 is 0. The molecule has 6 nitrogen and oxygen atoms in total. The van der Waals surface area contributed by atoms with Gasteiger partial charge in [-0.15, -0.1) is 0 Å². The molecule has 0 unspecified atom stereocenters. The highest BCUT2D eigenvalue weighted by atomic mass is 19.4. The Balaban J connectivity index is 1.78. The number of morpholine rings is 1. The van der Waals surface area contributed by atoms with Gasteiger partial charge in [0, 0.05) is 42.8 Å². The molecular weight excluding hydrogens is 373 g/mol. The molecule has 152 valence electrons. The summed E-state index contributed by atoms with van der Waals surface area (Å²) in [5.74, 6) is 0.466. The molecule has 2 aromatic rings. The largest absolute Gasteiger partial charge is 0.418 e. The van der Waals surface area contributed by atoms with Gasteiger partial charge in [-0.25, -0.2) is 4.98 Å². The minimum atomic E-state index is -4.52. The van der Waals surface area contributed by atoms with Crippen molar-refractivity contribution in [3.05, 3.63) is 42.0 Å². The predicted octanol–water partition coefficient (Wildman–Crippen LogP) is 3.50. The number of carbonyl (C=O) groups is 1. The topological polar surface area (TPSA) is 59.4 Å². The third kappa shape index (κ3) is 4.64. The molecule has 0 spiro atoms. The Kier molecular flexibility index (Phi) is 5.93. The van der Waals surface area contributed by atoms with E-state index in [1.165, 1.54) is 12.1 Å². The van der Waals surface area contributed by atoms with Crippen LogP contribution in [0.15, 0.2) is 30.6 Å². The Morgan fingerprint density at radius 1 is 1.29 bits per heavy atom. The second-order valence-electron chi connectivity index (χ2n) is 6.95. The predicted molar refractivity (Wildman–Crippen MR) is 99.4 cm³/mol. The molecule has 0 saturated carbocycles. The van der Waals surface area contributed by atoms with E-state index >= 15 is 0 Å². The molecule has 1 N–H and O–H groups in total. The van der Waals surface area contributed by atoms with E-state index in [1.54, 1.807) is 21.9 Å². The van der Waals surface area contributed by atoms with Crippen LogP contribution in [0, 0.1) is 0 Å². The molecule has 1 aromatic heterocycles. The number of anilines is 2. The highest BCUT2D eigenvalue weighted by molar-refractivity contribution is 5.91. The quantitative estimate of drug-likeness (QED) is 0.841. The Morgan fingerprint density at radius 2 is 2.00 bits per heavy atom. The van der Waals surface area contributed by atoms with Crippen LogP contribution in [0.3, 0.4) is 0 Å². The van der Waals surface area contributed by atoms with Gasteiger partial charge in [0.25, 0.3) is 0 Å². The second kappa shape index (κ2) is 8.22. The van der Waals surface area contributed by atoms with Gasteiger partial charge in [0.1, 0.15) is 12.4 Å². The summed E-state index contributed by atoms with van der Waals surface area (Å²) in [7, 11) is 0. The van der Waals surface area contributed by atoms with Crippen LogP contribution in [0.25, 0.3) is 0 Å². The lowest BCUT2D eigenvalue weighted by molar-refractivity contribution is -0.137. The number of aromatic nitrogens is 2. The fourth-order valence-corrected chi connectivity index (χ4v) is 3.23. The van der Waals surface area contributed by atoms with Crippen LogP contribution in [-0.2, 0) is 22.3 Å². The molecule has 1 aliphatic rings. The summed E-state index contributed by atoms with van der Waals surface area (Å²) in [6.07, 6.45) is -1.25. The number of alkyl halides is 3. The van der Waals surface area contributed by atoms with E-state index < -0.39 is 17.6 Å². The van der Waals surface area contributed by atoms with Gasteiger partial charge in [-0.2, -0.15) is 13.2 Å². The first-order chi connectivity index (χ1) is 13.3. The van der Waals surface area contributed by atoms with Crippen molar-refractivity contribution in [2.45, 2.75) is 32.5 Å². The highest BCUT2D eigenvalue weighted by Gasteiger charge is 2.35. The molecule has 28 heavy (non-hydrogen) atoms. The molecule has 0 aliphatic carbocycles. The molecule has 1 saturated heterocycles. The number of nitrogens with one attached hydrogen (secondary N) is 1. The molecule has 0 bridgehead atoms. The summed E-state index contributed by atoms with van der Waals surface area (Å²) < 4.78 is 47.7. The summed E-state index contributed by atoms with van der Waals surface area (Å²) in [5.41, 5.74) is -0.552. The number of rotatable bonds is 5. The minimum Gasteiger partial charge on any atom is -0.378 e. The minimum absolute atomic E-state index is 0.0138. The first kappa shape index (κ1) is 20.2. The first-order valence-corrected chi connectivity index (χ1v) is 9.10. The van der Waals surface area contributed by atoms with Crippen LogP contribution >= 0.6 is 0 Å². The number of carbonyl (C=O) groups excluding carboxylic acids is 1. The van der Waals surface area contributed by atoms with Crippen LogP contribution in [0.4, 0.5) is 24.5 Å². The zero-order valence-electron chi connectivity index (χ0n) is 15.8. The van der Waals surface area contributed by atoms with Crippen LogP contribution in [0.5, 0.6) is 0 Å². The lowest BCUT2D eigenvalue weighted by Crippen LogP contribution is -2.37. The third-order valence-corrected chi connectivity index (χ3v) is 4.52. The van der Waals surface area contributed by atoms with Gasteiger partial charge in [-0.1, -0.05) is 13.8 Å².